The van der Waals surface area contributed by atoms with Crippen LogP contribution in [0, 0.1) is 0 Å². The third-order valence-electron chi connectivity index (χ3n) is 3.71. The predicted molar refractivity (Wildman–Crippen MR) is 86.5 cm³/mol. The minimum Gasteiger partial charge on any atom is -0.406 e. The van der Waals surface area contributed by atoms with Gasteiger partial charge >= 0.3 is 12.5 Å². The summed E-state index contributed by atoms with van der Waals surface area (Å²) in [6.45, 7) is 2.89. The number of nitrogens with zero attached hydrogens (tertiary/aromatic N) is 3. The largest absolute Gasteiger partial charge is 0.573 e. The van der Waals surface area contributed by atoms with Crippen LogP contribution in [-0.4, -0.2) is 34.0 Å². The maximum absolute atomic E-state index is 13.4. The molecule has 0 spiro atoms. The van der Waals surface area contributed by atoms with E-state index >= 15 is 0 Å². The Labute approximate surface area is 156 Å². The van der Waals surface area contributed by atoms with Gasteiger partial charge in [-0.2, -0.15) is 18.3 Å². The van der Waals surface area contributed by atoms with Crippen LogP contribution in [0.1, 0.15) is 41.5 Å². The second-order valence-corrected chi connectivity index (χ2v) is 6.30. The van der Waals surface area contributed by atoms with Gasteiger partial charge in [-0.05, 0) is 31.5 Å². The van der Waals surface area contributed by atoms with Crippen molar-refractivity contribution in [1.29, 1.82) is 0 Å². The number of aromatic nitrogens is 2. The lowest BCUT2D eigenvalue weighted by Gasteiger charge is -2.19. The number of hydrogen-bond acceptors (Lipinski definition) is 3. The molecule has 0 aliphatic rings. The Bertz CT molecular complexity index is 825. The molecule has 1 heterocycles. The van der Waals surface area contributed by atoms with Crippen LogP contribution < -0.4 is 4.74 Å². The highest BCUT2D eigenvalue weighted by Crippen LogP contribution is 2.34. The number of hydrogen-bond donors (Lipinski definition) is 0. The van der Waals surface area contributed by atoms with E-state index in [1.807, 2.05) is 0 Å². The summed E-state index contributed by atoms with van der Waals surface area (Å²) in [6.07, 6.45) is -8.75. The first-order chi connectivity index (χ1) is 12.8. The van der Waals surface area contributed by atoms with E-state index in [0.717, 1.165) is 27.9 Å². The van der Waals surface area contributed by atoms with Gasteiger partial charge in [-0.25, -0.2) is 0 Å². The Hall–Kier alpha value is -2.72. The summed E-state index contributed by atoms with van der Waals surface area (Å²) in [5.41, 5.74) is -1.33. The summed E-state index contributed by atoms with van der Waals surface area (Å²) in [6, 6.07) is 4.07. The van der Waals surface area contributed by atoms with Gasteiger partial charge in [-0.15, -0.1) is 13.2 Å². The van der Waals surface area contributed by atoms with E-state index in [-0.39, 0.29) is 6.54 Å². The van der Waals surface area contributed by atoms with Crippen molar-refractivity contribution in [2.75, 3.05) is 7.05 Å². The fourth-order valence-electron chi connectivity index (χ4n) is 2.54. The Morgan fingerprint density at radius 3 is 2.18 bits per heavy atom. The molecule has 1 aromatic heterocycles. The SMILES string of the molecule is CC(C)n1ncc(C(=O)N(C)Cc2ccc(OC(F)(F)F)cc2)c1C(F)(F)F. The third-order valence-corrected chi connectivity index (χ3v) is 3.71. The summed E-state index contributed by atoms with van der Waals surface area (Å²) in [7, 11) is 1.29. The molecule has 0 atom stereocenters. The quantitative estimate of drug-likeness (QED) is 0.676. The summed E-state index contributed by atoms with van der Waals surface area (Å²) >= 11 is 0. The van der Waals surface area contributed by atoms with Crippen LogP contribution in [0.5, 0.6) is 5.75 Å². The van der Waals surface area contributed by atoms with Crippen LogP contribution in [0.3, 0.4) is 0 Å². The predicted octanol–water partition coefficient (Wildman–Crippen LogP) is 4.65. The summed E-state index contributed by atoms with van der Waals surface area (Å²) in [5.74, 6) is -1.35. The highest BCUT2D eigenvalue weighted by molar-refractivity contribution is 5.95. The van der Waals surface area contributed by atoms with Crippen LogP contribution >= 0.6 is 0 Å². The Kier molecular flexibility index (Phi) is 5.95. The molecule has 154 valence electrons. The van der Waals surface area contributed by atoms with Crippen molar-refractivity contribution >= 4 is 5.91 Å². The molecule has 0 fully saturated rings. The van der Waals surface area contributed by atoms with Gasteiger partial charge in [0, 0.05) is 19.6 Å². The minimum absolute atomic E-state index is 0.116. The van der Waals surface area contributed by atoms with E-state index in [9.17, 15) is 31.1 Å². The van der Waals surface area contributed by atoms with Crippen molar-refractivity contribution in [1.82, 2.24) is 14.7 Å². The lowest BCUT2D eigenvalue weighted by Crippen LogP contribution is -2.29. The molecule has 2 aromatic rings. The number of benzene rings is 1. The average molecular weight is 409 g/mol. The maximum atomic E-state index is 13.4. The van der Waals surface area contributed by atoms with Crippen LogP contribution in [-0.2, 0) is 12.7 Å². The number of carbonyl (C=O) groups excluding carboxylic acids is 1. The zero-order chi connectivity index (χ0) is 21.3. The van der Waals surface area contributed by atoms with Gasteiger partial charge < -0.3 is 9.64 Å². The molecule has 1 amide bonds. The van der Waals surface area contributed by atoms with Crippen molar-refractivity contribution in [3.05, 3.63) is 47.3 Å². The topological polar surface area (TPSA) is 47.4 Å². The molecular formula is C17H17F6N3O2. The van der Waals surface area contributed by atoms with Crippen LogP contribution in [0.4, 0.5) is 26.3 Å². The first kappa shape index (κ1) is 21.6. The number of alkyl halides is 6. The monoisotopic (exact) mass is 409 g/mol. The van der Waals surface area contributed by atoms with Gasteiger partial charge in [0.1, 0.15) is 5.75 Å². The molecule has 28 heavy (non-hydrogen) atoms. The molecule has 5 nitrogen and oxygen atoms in total. The molecule has 0 aliphatic heterocycles. The standard InChI is InChI=1S/C17H17F6N3O2/c1-10(2)26-14(16(18,19)20)13(8-24-26)15(27)25(3)9-11-4-6-12(7-5-11)28-17(21,22)23/h4-8,10H,9H2,1-3H3. The van der Waals surface area contributed by atoms with Crippen molar-refractivity contribution in [3.8, 4) is 5.75 Å². The molecule has 0 radical (unpaired) electrons. The van der Waals surface area contributed by atoms with Gasteiger partial charge in [-0.1, -0.05) is 12.1 Å². The van der Waals surface area contributed by atoms with E-state index in [1.165, 1.54) is 33.0 Å². The van der Waals surface area contributed by atoms with Crippen molar-refractivity contribution in [2.45, 2.75) is 39.0 Å². The van der Waals surface area contributed by atoms with Crippen molar-refractivity contribution in [3.63, 3.8) is 0 Å². The maximum Gasteiger partial charge on any atom is 0.573 e. The number of halogens is 6. The highest BCUT2D eigenvalue weighted by atomic mass is 19.4. The van der Waals surface area contributed by atoms with Gasteiger partial charge in [-0.3, -0.25) is 9.48 Å². The van der Waals surface area contributed by atoms with Gasteiger partial charge in [0.15, 0.2) is 5.69 Å². The van der Waals surface area contributed by atoms with Crippen LogP contribution in [0.2, 0.25) is 0 Å². The molecule has 0 aliphatic carbocycles. The number of ether oxygens (including phenoxy) is 1. The normalized spacial score (nSPS) is 12.4. The Balaban J connectivity index is 2.20. The summed E-state index contributed by atoms with van der Waals surface area (Å²) < 4.78 is 81.1. The molecule has 0 saturated carbocycles. The lowest BCUT2D eigenvalue weighted by atomic mass is 10.1. The fourth-order valence-corrected chi connectivity index (χ4v) is 2.54. The molecule has 11 heteroatoms. The first-order valence-electron chi connectivity index (χ1n) is 8.04. The van der Waals surface area contributed by atoms with Crippen molar-refractivity contribution < 1.29 is 35.9 Å². The van der Waals surface area contributed by atoms with E-state index < -0.39 is 41.5 Å². The molecule has 2 rings (SSSR count). The molecule has 0 bridgehead atoms. The summed E-state index contributed by atoms with van der Waals surface area (Å²) in [4.78, 5) is 13.5. The smallest absolute Gasteiger partial charge is 0.406 e. The Morgan fingerprint density at radius 2 is 1.71 bits per heavy atom. The van der Waals surface area contributed by atoms with Gasteiger partial charge in [0.25, 0.3) is 5.91 Å². The molecule has 0 unspecified atom stereocenters. The van der Waals surface area contributed by atoms with E-state index in [2.05, 4.69) is 9.84 Å². The lowest BCUT2D eigenvalue weighted by molar-refractivity contribution is -0.274. The zero-order valence-electron chi connectivity index (χ0n) is 15.1. The molecule has 0 N–H and O–H groups in total. The van der Waals surface area contributed by atoms with Crippen molar-refractivity contribution in [2.24, 2.45) is 0 Å². The first-order valence-corrected chi connectivity index (χ1v) is 8.04. The second-order valence-electron chi connectivity index (χ2n) is 6.30. The fraction of sp³-hybridized carbons (Fsp3) is 0.412. The van der Waals surface area contributed by atoms with E-state index in [0.29, 0.717) is 5.56 Å². The van der Waals surface area contributed by atoms with Crippen LogP contribution in [0.25, 0.3) is 0 Å². The number of amides is 1. The summed E-state index contributed by atoms with van der Waals surface area (Å²) in [5, 5.41) is 3.66. The third kappa shape index (κ3) is 5.17. The van der Waals surface area contributed by atoms with Crippen LogP contribution in [0.15, 0.2) is 30.5 Å². The minimum atomic E-state index is -4.83. The highest BCUT2D eigenvalue weighted by Gasteiger charge is 2.41. The Morgan fingerprint density at radius 1 is 1.14 bits per heavy atom. The average Bonchev–Trinajstić information content (AvgIpc) is 3.00. The molecule has 0 saturated heterocycles. The van der Waals surface area contributed by atoms with Gasteiger partial charge in [0.2, 0.25) is 0 Å². The van der Waals surface area contributed by atoms with E-state index in [4.69, 9.17) is 0 Å². The zero-order valence-corrected chi connectivity index (χ0v) is 15.1. The van der Waals surface area contributed by atoms with E-state index in [1.54, 1.807) is 0 Å². The molecular weight excluding hydrogens is 392 g/mol. The molecule has 1 aromatic carbocycles. The van der Waals surface area contributed by atoms with Gasteiger partial charge in [0.05, 0.1) is 11.8 Å². The second kappa shape index (κ2) is 7.72. The number of carbonyl (C=O) groups is 1. The number of rotatable bonds is 5.